The minimum atomic E-state index is 0.219. The summed E-state index contributed by atoms with van der Waals surface area (Å²) in [6, 6.07) is 2.21. The Hall–Kier alpha value is -0.870. The van der Waals surface area contributed by atoms with Gasteiger partial charge in [-0.05, 0) is 41.7 Å². The molecule has 0 aliphatic carbocycles. The van der Waals surface area contributed by atoms with Crippen molar-refractivity contribution in [3.8, 4) is 0 Å². The maximum absolute atomic E-state index is 11.6. The zero-order valence-electron chi connectivity index (χ0n) is 10.9. The number of hydrogen-bond donors (Lipinski definition) is 0. The van der Waals surface area contributed by atoms with Crippen LogP contribution in [0.25, 0.3) is 0 Å². The van der Waals surface area contributed by atoms with Gasteiger partial charge in [0.25, 0.3) is 0 Å². The zero-order valence-corrected chi connectivity index (χ0v) is 11.7. The van der Waals surface area contributed by atoms with Gasteiger partial charge in [-0.2, -0.15) is 11.3 Å². The first-order valence-corrected chi connectivity index (χ1v) is 7.66. The maximum Gasteiger partial charge on any atom is 0.219 e. The highest BCUT2D eigenvalue weighted by molar-refractivity contribution is 7.07. The molecule has 0 bridgehead atoms. The molecule has 2 fully saturated rings. The van der Waals surface area contributed by atoms with Crippen LogP contribution in [0.4, 0.5) is 0 Å². The molecule has 0 saturated carbocycles. The molecule has 2 saturated heterocycles. The van der Waals surface area contributed by atoms with Crippen molar-refractivity contribution >= 4 is 17.2 Å². The molecule has 0 radical (unpaired) electrons. The quantitative estimate of drug-likeness (QED) is 0.818. The van der Waals surface area contributed by atoms with E-state index in [0.717, 1.165) is 39.0 Å². The molecule has 18 heavy (non-hydrogen) atoms. The Kier molecular flexibility index (Phi) is 3.16. The second-order valence-electron chi connectivity index (χ2n) is 5.55. The van der Waals surface area contributed by atoms with Crippen LogP contribution in [0.5, 0.6) is 0 Å². The van der Waals surface area contributed by atoms with Crippen LogP contribution < -0.4 is 0 Å². The number of carbonyl (C=O) groups excluding carboxylic acids is 1. The highest BCUT2D eigenvalue weighted by Gasteiger charge is 2.47. The van der Waals surface area contributed by atoms with Gasteiger partial charge in [-0.1, -0.05) is 0 Å². The second kappa shape index (κ2) is 4.67. The van der Waals surface area contributed by atoms with Crippen LogP contribution >= 0.6 is 11.3 Å². The second-order valence-corrected chi connectivity index (χ2v) is 6.33. The van der Waals surface area contributed by atoms with Gasteiger partial charge in [0.05, 0.1) is 0 Å². The molecule has 4 heteroatoms. The summed E-state index contributed by atoms with van der Waals surface area (Å²) in [6.45, 7) is 6.00. The van der Waals surface area contributed by atoms with Crippen LogP contribution in [0, 0.1) is 0 Å². The molecule has 1 amide bonds. The Morgan fingerprint density at radius 2 is 2.06 bits per heavy atom. The van der Waals surface area contributed by atoms with E-state index in [1.54, 1.807) is 18.3 Å². The van der Waals surface area contributed by atoms with Gasteiger partial charge >= 0.3 is 0 Å². The smallest absolute Gasteiger partial charge is 0.219 e. The van der Waals surface area contributed by atoms with Crippen molar-refractivity contribution in [2.75, 3.05) is 19.6 Å². The van der Waals surface area contributed by atoms with E-state index in [2.05, 4.69) is 26.6 Å². The summed E-state index contributed by atoms with van der Waals surface area (Å²) in [5, 5.41) is 4.37. The van der Waals surface area contributed by atoms with Crippen molar-refractivity contribution in [2.24, 2.45) is 0 Å². The first-order chi connectivity index (χ1) is 8.70. The van der Waals surface area contributed by atoms with E-state index < -0.39 is 0 Å². The highest BCUT2D eigenvalue weighted by atomic mass is 32.1. The molecule has 3 rings (SSSR count). The number of nitrogens with zero attached hydrogens (tertiary/aromatic N) is 2. The Balaban J connectivity index is 1.57. The molecule has 98 valence electrons. The SMILES string of the molecule is CC(=O)N1CCC12CCN(Cc1ccsc1)CC2. The summed E-state index contributed by atoms with van der Waals surface area (Å²) in [5.41, 5.74) is 1.64. The normalized spacial score (nSPS) is 23.1. The first-order valence-electron chi connectivity index (χ1n) is 6.71. The van der Waals surface area contributed by atoms with Crippen LogP contribution in [0.1, 0.15) is 31.7 Å². The number of rotatable bonds is 2. The van der Waals surface area contributed by atoms with Crippen LogP contribution in [0.2, 0.25) is 0 Å². The molecular formula is C14H20N2OS. The van der Waals surface area contributed by atoms with Gasteiger partial charge in [0.15, 0.2) is 0 Å². The van der Waals surface area contributed by atoms with E-state index in [9.17, 15) is 4.79 Å². The molecule has 1 aromatic rings. The molecule has 2 aliphatic heterocycles. The Morgan fingerprint density at radius 3 is 2.56 bits per heavy atom. The lowest BCUT2D eigenvalue weighted by molar-refractivity contribution is -0.149. The number of thiophene rings is 1. The van der Waals surface area contributed by atoms with E-state index in [0.29, 0.717) is 0 Å². The van der Waals surface area contributed by atoms with E-state index in [1.165, 1.54) is 12.0 Å². The fourth-order valence-electron chi connectivity index (χ4n) is 3.32. The summed E-state index contributed by atoms with van der Waals surface area (Å²) in [4.78, 5) is 16.2. The minimum Gasteiger partial charge on any atom is -0.337 e. The fraction of sp³-hybridized carbons (Fsp3) is 0.643. The molecule has 1 spiro atoms. The van der Waals surface area contributed by atoms with Gasteiger partial charge < -0.3 is 4.90 Å². The monoisotopic (exact) mass is 264 g/mol. The third kappa shape index (κ3) is 2.08. The van der Waals surface area contributed by atoms with Gasteiger partial charge in [-0.3, -0.25) is 9.69 Å². The Morgan fingerprint density at radius 1 is 1.33 bits per heavy atom. The van der Waals surface area contributed by atoms with Crippen LogP contribution in [0.15, 0.2) is 16.8 Å². The van der Waals surface area contributed by atoms with Crippen LogP contribution in [-0.2, 0) is 11.3 Å². The van der Waals surface area contributed by atoms with Crippen molar-refractivity contribution in [1.29, 1.82) is 0 Å². The van der Waals surface area contributed by atoms with Gasteiger partial charge in [0, 0.05) is 38.6 Å². The molecule has 3 heterocycles. The van der Waals surface area contributed by atoms with E-state index >= 15 is 0 Å². The molecular weight excluding hydrogens is 244 g/mol. The molecule has 0 aromatic carbocycles. The lowest BCUT2D eigenvalue weighted by atomic mass is 9.76. The van der Waals surface area contributed by atoms with Crippen molar-refractivity contribution in [1.82, 2.24) is 9.80 Å². The molecule has 0 N–H and O–H groups in total. The molecule has 0 atom stereocenters. The first kappa shape index (κ1) is 12.2. The number of likely N-dealkylation sites (tertiary alicyclic amines) is 2. The molecule has 1 aromatic heterocycles. The summed E-state index contributed by atoms with van der Waals surface area (Å²) in [6.07, 6.45) is 3.51. The predicted octanol–water partition coefficient (Wildman–Crippen LogP) is 2.33. The Bertz CT molecular complexity index is 421. The van der Waals surface area contributed by atoms with Crippen molar-refractivity contribution in [2.45, 2.75) is 38.3 Å². The van der Waals surface area contributed by atoms with Crippen LogP contribution in [-0.4, -0.2) is 40.9 Å². The molecule has 3 nitrogen and oxygen atoms in total. The van der Waals surface area contributed by atoms with Gasteiger partial charge in [0.2, 0.25) is 5.91 Å². The third-order valence-electron chi connectivity index (χ3n) is 4.53. The average Bonchev–Trinajstić information content (AvgIpc) is 2.81. The topological polar surface area (TPSA) is 23.6 Å². The lowest BCUT2D eigenvalue weighted by Crippen LogP contribution is -2.65. The standard InChI is InChI=1S/C14H20N2OS/c1-12(17)16-8-5-14(16)3-6-15(7-4-14)10-13-2-9-18-11-13/h2,9,11H,3-8,10H2,1H3. The van der Waals surface area contributed by atoms with E-state index in [-0.39, 0.29) is 11.4 Å². The van der Waals surface area contributed by atoms with Gasteiger partial charge in [0.1, 0.15) is 0 Å². The number of piperidine rings is 1. The highest BCUT2D eigenvalue weighted by Crippen LogP contribution is 2.40. The minimum absolute atomic E-state index is 0.219. The lowest BCUT2D eigenvalue weighted by Gasteiger charge is -2.56. The summed E-state index contributed by atoms with van der Waals surface area (Å²) in [5.74, 6) is 0.257. The predicted molar refractivity (Wildman–Crippen MR) is 73.6 cm³/mol. The average molecular weight is 264 g/mol. The fourth-order valence-corrected chi connectivity index (χ4v) is 3.98. The number of carbonyl (C=O) groups is 1. The maximum atomic E-state index is 11.6. The third-order valence-corrected chi connectivity index (χ3v) is 5.26. The summed E-state index contributed by atoms with van der Waals surface area (Å²) >= 11 is 1.77. The largest absolute Gasteiger partial charge is 0.337 e. The summed E-state index contributed by atoms with van der Waals surface area (Å²) < 4.78 is 0. The van der Waals surface area contributed by atoms with E-state index in [4.69, 9.17) is 0 Å². The van der Waals surface area contributed by atoms with Crippen molar-refractivity contribution in [3.05, 3.63) is 22.4 Å². The van der Waals surface area contributed by atoms with Crippen molar-refractivity contribution in [3.63, 3.8) is 0 Å². The van der Waals surface area contributed by atoms with Crippen molar-refractivity contribution < 1.29 is 4.79 Å². The van der Waals surface area contributed by atoms with Gasteiger partial charge in [-0.15, -0.1) is 0 Å². The van der Waals surface area contributed by atoms with E-state index in [1.807, 2.05) is 0 Å². The summed E-state index contributed by atoms with van der Waals surface area (Å²) in [7, 11) is 0. The molecule has 0 unspecified atom stereocenters. The number of hydrogen-bond acceptors (Lipinski definition) is 3. The van der Waals surface area contributed by atoms with Gasteiger partial charge in [-0.25, -0.2) is 0 Å². The van der Waals surface area contributed by atoms with Crippen LogP contribution in [0.3, 0.4) is 0 Å². The number of amides is 1. The zero-order chi connectivity index (χ0) is 12.6. The Labute approximate surface area is 112 Å². The molecule has 2 aliphatic rings.